The monoisotopic (exact) mass is 455 g/mol. The van der Waals surface area contributed by atoms with Gasteiger partial charge in [-0.3, -0.25) is 14.5 Å². The molecule has 0 spiro atoms. The largest absolute Gasteiger partial charge is 0.493 e. The van der Waals surface area contributed by atoms with Gasteiger partial charge in [-0.05, 0) is 36.1 Å². The number of methoxy groups -OCH3 is 2. The molecule has 2 atom stereocenters. The van der Waals surface area contributed by atoms with Crippen LogP contribution >= 0.6 is 0 Å². The second kappa shape index (κ2) is 11.3. The molecule has 4 amide bonds. The number of rotatable bonds is 11. The van der Waals surface area contributed by atoms with Crippen LogP contribution in [0.2, 0.25) is 0 Å². The van der Waals surface area contributed by atoms with Gasteiger partial charge >= 0.3 is 6.03 Å². The molecule has 1 saturated heterocycles. The summed E-state index contributed by atoms with van der Waals surface area (Å²) in [7, 11) is 3.04. The molecule has 1 aliphatic rings. The van der Waals surface area contributed by atoms with E-state index in [1.54, 1.807) is 18.2 Å². The summed E-state index contributed by atoms with van der Waals surface area (Å²) in [5.74, 6) is 0.385. The third-order valence-electron chi connectivity index (χ3n) is 5.47. The lowest BCUT2D eigenvalue weighted by atomic mass is 10.1. The highest BCUT2D eigenvalue weighted by Gasteiger charge is 2.38. The van der Waals surface area contributed by atoms with Crippen LogP contribution in [0.3, 0.4) is 0 Å². The molecule has 0 radical (unpaired) electrons. The van der Waals surface area contributed by atoms with Crippen LogP contribution in [-0.2, 0) is 22.6 Å². The average molecular weight is 456 g/mol. The molecule has 1 unspecified atom stereocenters. The fourth-order valence-electron chi connectivity index (χ4n) is 3.72. The number of hydrogen-bond acceptors (Lipinski definition) is 6. The summed E-state index contributed by atoms with van der Waals surface area (Å²) in [5, 5.41) is 15.0. The molecular weight excluding hydrogens is 426 g/mol. The topological polar surface area (TPSA) is 117 Å². The number of amides is 4. The molecule has 3 N–H and O–H groups in total. The smallest absolute Gasteiger partial charge is 0.325 e. The van der Waals surface area contributed by atoms with Gasteiger partial charge in [-0.1, -0.05) is 36.4 Å². The van der Waals surface area contributed by atoms with E-state index in [-0.39, 0.29) is 37.8 Å². The number of benzene rings is 2. The lowest BCUT2D eigenvalue weighted by Crippen LogP contribution is -2.40. The fraction of sp³-hybridized carbons (Fsp3) is 0.375. The van der Waals surface area contributed by atoms with E-state index in [0.717, 1.165) is 10.5 Å². The predicted octanol–water partition coefficient (Wildman–Crippen LogP) is 1.62. The maximum atomic E-state index is 12.7. The second-order valence-corrected chi connectivity index (χ2v) is 7.79. The van der Waals surface area contributed by atoms with E-state index in [4.69, 9.17) is 9.47 Å². The van der Waals surface area contributed by atoms with E-state index in [1.807, 2.05) is 30.3 Å². The molecular formula is C24H29N3O6. The number of carbonyl (C=O) groups excluding carboxylic acids is 3. The molecule has 0 bridgehead atoms. The SMILES string of the molecule is COc1ccc(CN2C(=O)NC(CCC(=O)N[C@H](CO)Cc3ccccc3)C2=O)cc1OC. The highest BCUT2D eigenvalue weighted by molar-refractivity contribution is 6.04. The normalized spacial score (nSPS) is 16.3. The van der Waals surface area contributed by atoms with Gasteiger partial charge in [0.05, 0.1) is 33.4 Å². The molecule has 1 aliphatic heterocycles. The molecule has 0 aliphatic carbocycles. The highest BCUT2D eigenvalue weighted by atomic mass is 16.5. The van der Waals surface area contributed by atoms with Gasteiger partial charge < -0.3 is 25.2 Å². The first-order valence-corrected chi connectivity index (χ1v) is 10.7. The van der Waals surface area contributed by atoms with Gasteiger partial charge in [-0.25, -0.2) is 4.79 Å². The maximum absolute atomic E-state index is 12.7. The van der Waals surface area contributed by atoms with Gasteiger partial charge in [0.1, 0.15) is 6.04 Å². The van der Waals surface area contributed by atoms with Crippen LogP contribution in [0, 0.1) is 0 Å². The zero-order valence-electron chi connectivity index (χ0n) is 18.7. The molecule has 1 fully saturated rings. The van der Waals surface area contributed by atoms with Crippen molar-refractivity contribution in [2.24, 2.45) is 0 Å². The molecule has 2 aromatic carbocycles. The molecule has 33 heavy (non-hydrogen) atoms. The van der Waals surface area contributed by atoms with Crippen molar-refractivity contribution in [3.8, 4) is 11.5 Å². The van der Waals surface area contributed by atoms with Crippen LogP contribution < -0.4 is 20.1 Å². The van der Waals surface area contributed by atoms with E-state index in [0.29, 0.717) is 23.5 Å². The number of ether oxygens (including phenoxy) is 2. The minimum Gasteiger partial charge on any atom is -0.493 e. The Hall–Kier alpha value is -3.59. The average Bonchev–Trinajstić information content (AvgIpc) is 3.10. The van der Waals surface area contributed by atoms with Crippen molar-refractivity contribution in [3.05, 3.63) is 59.7 Å². The van der Waals surface area contributed by atoms with E-state index >= 15 is 0 Å². The van der Waals surface area contributed by atoms with Crippen molar-refractivity contribution in [2.45, 2.75) is 37.9 Å². The van der Waals surface area contributed by atoms with Gasteiger partial charge in [0.25, 0.3) is 5.91 Å². The van der Waals surface area contributed by atoms with Crippen molar-refractivity contribution in [3.63, 3.8) is 0 Å². The van der Waals surface area contributed by atoms with E-state index in [9.17, 15) is 19.5 Å². The number of aliphatic hydroxyl groups excluding tert-OH is 1. The van der Waals surface area contributed by atoms with Crippen molar-refractivity contribution >= 4 is 17.8 Å². The standard InChI is InChI=1S/C24H29N3O6/c1-32-20-10-8-17(13-21(20)33-2)14-27-23(30)19(26-24(27)31)9-11-22(29)25-18(15-28)12-16-6-4-3-5-7-16/h3-8,10,13,18-19,28H,9,11-12,14-15H2,1-2H3,(H,25,29)(H,26,31)/t18-,19?/m0/s1. The Morgan fingerprint density at radius 1 is 1.09 bits per heavy atom. The zero-order chi connectivity index (χ0) is 23.8. The summed E-state index contributed by atoms with van der Waals surface area (Å²) in [6.45, 7) is -0.115. The van der Waals surface area contributed by atoms with Crippen LogP contribution in [0.4, 0.5) is 4.79 Å². The number of nitrogens with zero attached hydrogens (tertiary/aromatic N) is 1. The Kier molecular flexibility index (Phi) is 8.26. The second-order valence-electron chi connectivity index (χ2n) is 7.79. The Morgan fingerprint density at radius 3 is 2.48 bits per heavy atom. The third-order valence-corrected chi connectivity index (χ3v) is 5.47. The van der Waals surface area contributed by atoms with Crippen molar-refractivity contribution in [1.29, 1.82) is 0 Å². The summed E-state index contributed by atoms with van der Waals surface area (Å²) >= 11 is 0. The summed E-state index contributed by atoms with van der Waals surface area (Å²) < 4.78 is 10.5. The number of imide groups is 1. The van der Waals surface area contributed by atoms with E-state index in [2.05, 4.69) is 10.6 Å². The Morgan fingerprint density at radius 2 is 1.82 bits per heavy atom. The van der Waals surface area contributed by atoms with Crippen molar-refractivity contribution in [2.75, 3.05) is 20.8 Å². The minimum atomic E-state index is -0.773. The quantitative estimate of drug-likeness (QED) is 0.444. The molecule has 9 heteroatoms. The van der Waals surface area contributed by atoms with Gasteiger partial charge in [0, 0.05) is 6.42 Å². The number of carbonyl (C=O) groups is 3. The molecule has 2 aromatic rings. The van der Waals surface area contributed by atoms with E-state index in [1.165, 1.54) is 14.2 Å². The van der Waals surface area contributed by atoms with Gasteiger partial charge in [0.2, 0.25) is 5.91 Å². The van der Waals surface area contributed by atoms with Crippen molar-refractivity contribution in [1.82, 2.24) is 15.5 Å². The number of urea groups is 1. The Bertz CT molecular complexity index is 981. The first-order valence-electron chi connectivity index (χ1n) is 10.7. The zero-order valence-corrected chi connectivity index (χ0v) is 18.7. The van der Waals surface area contributed by atoms with Crippen molar-refractivity contribution < 1.29 is 29.0 Å². The van der Waals surface area contributed by atoms with Crippen LogP contribution in [0.1, 0.15) is 24.0 Å². The first-order chi connectivity index (χ1) is 15.9. The lowest BCUT2D eigenvalue weighted by Gasteiger charge is -2.17. The summed E-state index contributed by atoms with van der Waals surface area (Å²) in [5.41, 5.74) is 1.71. The van der Waals surface area contributed by atoms with Gasteiger partial charge in [-0.2, -0.15) is 0 Å². The van der Waals surface area contributed by atoms with Gasteiger partial charge in [-0.15, -0.1) is 0 Å². The molecule has 176 valence electrons. The lowest BCUT2D eigenvalue weighted by molar-refractivity contribution is -0.128. The van der Waals surface area contributed by atoms with Crippen LogP contribution in [-0.4, -0.2) is 60.8 Å². The van der Waals surface area contributed by atoms with Crippen LogP contribution in [0.25, 0.3) is 0 Å². The molecule has 1 heterocycles. The predicted molar refractivity (Wildman–Crippen MR) is 121 cm³/mol. The van der Waals surface area contributed by atoms with E-state index < -0.39 is 18.1 Å². The fourth-order valence-corrected chi connectivity index (χ4v) is 3.72. The number of nitrogens with one attached hydrogen (secondary N) is 2. The summed E-state index contributed by atoms with van der Waals surface area (Å²) in [6, 6.07) is 13.0. The summed E-state index contributed by atoms with van der Waals surface area (Å²) in [4.78, 5) is 38.6. The molecule has 3 rings (SSSR count). The Balaban J connectivity index is 1.52. The minimum absolute atomic E-state index is 0.0478. The molecule has 9 nitrogen and oxygen atoms in total. The Labute approximate surface area is 192 Å². The number of aliphatic hydroxyl groups is 1. The molecule has 0 saturated carbocycles. The maximum Gasteiger partial charge on any atom is 0.325 e. The van der Waals surface area contributed by atoms with Gasteiger partial charge in [0.15, 0.2) is 11.5 Å². The number of hydrogen-bond donors (Lipinski definition) is 3. The van der Waals surface area contributed by atoms with Crippen LogP contribution in [0.5, 0.6) is 11.5 Å². The third kappa shape index (κ3) is 6.23. The highest BCUT2D eigenvalue weighted by Crippen LogP contribution is 2.28. The summed E-state index contributed by atoms with van der Waals surface area (Å²) in [6.07, 6.45) is 0.718. The van der Waals surface area contributed by atoms with Crippen LogP contribution in [0.15, 0.2) is 48.5 Å². The molecule has 0 aromatic heterocycles. The first kappa shape index (κ1) is 24.1.